The Labute approximate surface area is 293 Å². The highest BCUT2D eigenvalue weighted by atomic mass is 16.6. The highest BCUT2D eigenvalue weighted by Gasteiger charge is 2.44. The van der Waals surface area contributed by atoms with Gasteiger partial charge in [-0.25, -0.2) is 14.5 Å². The van der Waals surface area contributed by atoms with E-state index >= 15 is 0 Å². The first kappa shape index (κ1) is 45.7. The lowest BCUT2D eigenvalue weighted by Gasteiger charge is -2.30. The monoisotopic (exact) mass is 699 g/mol. The summed E-state index contributed by atoms with van der Waals surface area (Å²) >= 11 is 0. The number of esters is 2. The fourth-order valence-corrected chi connectivity index (χ4v) is 4.26. The van der Waals surface area contributed by atoms with Crippen LogP contribution in [0.1, 0.15) is 115 Å². The lowest BCUT2D eigenvalue weighted by Crippen LogP contribution is -2.50. The Morgan fingerprint density at radius 2 is 1.14 bits per heavy atom. The van der Waals surface area contributed by atoms with Crippen LogP contribution in [0.25, 0.3) is 0 Å². The second-order valence-corrected chi connectivity index (χ2v) is 15.0. The van der Waals surface area contributed by atoms with Crippen LogP contribution in [0, 0.1) is 0 Å². The van der Waals surface area contributed by atoms with Crippen molar-refractivity contribution >= 4 is 35.8 Å². The minimum atomic E-state index is -0.759. The number of nitrogens with one attached hydrogen (secondary N) is 5. The minimum Gasteiger partial charge on any atom is -0.460 e. The number of urea groups is 2. The van der Waals surface area contributed by atoms with Gasteiger partial charge in [-0.15, -0.1) is 0 Å². The fourth-order valence-electron chi connectivity index (χ4n) is 4.26. The van der Waals surface area contributed by atoms with Gasteiger partial charge >= 0.3 is 24.0 Å². The van der Waals surface area contributed by atoms with Crippen LogP contribution in [0.5, 0.6) is 0 Å². The van der Waals surface area contributed by atoms with Gasteiger partial charge in [-0.3, -0.25) is 29.4 Å². The van der Waals surface area contributed by atoms with E-state index in [1.807, 2.05) is 41.5 Å². The number of carbonyl (C=O) groups excluding carboxylic acids is 6. The van der Waals surface area contributed by atoms with E-state index in [2.05, 4.69) is 31.5 Å². The zero-order valence-corrected chi connectivity index (χ0v) is 32.1. The van der Waals surface area contributed by atoms with Crippen molar-refractivity contribution in [3.8, 4) is 0 Å². The van der Waals surface area contributed by atoms with E-state index in [-0.39, 0.29) is 41.0 Å². The van der Waals surface area contributed by atoms with Crippen molar-refractivity contribution in [3.05, 3.63) is 0 Å². The number of piperazine rings is 1. The van der Waals surface area contributed by atoms with Crippen LogP contribution in [0.2, 0.25) is 0 Å². The smallest absolute Gasteiger partial charge is 0.326 e. The number of amides is 6. The molecule has 15 nitrogen and oxygen atoms in total. The number of carbonyl (C=O) groups is 6. The maximum atomic E-state index is 11.9. The van der Waals surface area contributed by atoms with Crippen LogP contribution < -0.4 is 26.6 Å². The number of nitrogens with zero attached hydrogens (tertiary/aromatic N) is 2. The van der Waals surface area contributed by atoms with Crippen molar-refractivity contribution in [1.82, 2.24) is 36.4 Å². The Kier molecular flexibility index (Phi) is 19.6. The van der Waals surface area contributed by atoms with Gasteiger partial charge < -0.3 is 30.7 Å². The molecule has 0 aliphatic carbocycles. The molecule has 0 radical (unpaired) electrons. The zero-order valence-electron chi connectivity index (χ0n) is 32.1. The molecule has 284 valence electrons. The van der Waals surface area contributed by atoms with Crippen molar-refractivity contribution in [3.63, 3.8) is 0 Å². The second kappa shape index (κ2) is 21.0. The molecule has 0 bridgehead atoms. The zero-order chi connectivity index (χ0) is 38.1. The van der Waals surface area contributed by atoms with Crippen molar-refractivity contribution in [2.24, 2.45) is 0 Å². The first-order valence-electron chi connectivity index (χ1n) is 17.3. The molecule has 0 aromatic heterocycles. The average molecular weight is 700 g/mol. The molecule has 0 saturated carbocycles. The molecule has 4 rings (SSSR count). The van der Waals surface area contributed by atoms with Gasteiger partial charge in [0.05, 0.1) is 6.67 Å². The maximum Gasteiger partial charge on any atom is 0.326 e. The van der Waals surface area contributed by atoms with Crippen molar-refractivity contribution in [1.29, 1.82) is 0 Å². The molecular formula is C34H65N7O8. The lowest BCUT2D eigenvalue weighted by atomic mass is 10.1. The van der Waals surface area contributed by atoms with Gasteiger partial charge in [0.25, 0.3) is 11.8 Å². The molecule has 0 atom stereocenters. The van der Waals surface area contributed by atoms with E-state index < -0.39 is 17.1 Å². The molecule has 0 unspecified atom stereocenters. The van der Waals surface area contributed by atoms with Gasteiger partial charge in [0.1, 0.15) is 22.3 Å². The number of piperidine rings is 1. The quantitative estimate of drug-likeness (QED) is 0.214. The summed E-state index contributed by atoms with van der Waals surface area (Å²) in [6.07, 6.45) is 5.13. The van der Waals surface area contributed by atoms with E-state index in [1.54, 1.807) is 41.5 Å². The Balaban J connectivity index is 0.000000614. The van der Waals surface area contributed by atoms with Gasteiger partial charge in [0.15, 0.2) is 0 Å². The number of imide groups is 2. The summed E-state index contributed by atoms with van der Waals surface area (Å²) in [5, 5.41) is 13.8. The number of ether oxygens (including phenoxy) is 2. The van der Waals surface area contributed by atoms with Crippen LogP contribution in [-0.4, -0.2) is 114 Å². The fraction of sp³-hybridized carbons (Fsp3) is 0.824. The van der Waals surface area contributed by atoms with Crippen molar-refractivity contribution in [2.75, 3.05) is 45.9 Å². The van der Waals surface area contributed by atoms with Crippen molar-refractivity contribution < 1.29 is 38.2 Å². The standard InChI is InChI=1S/C10H18N4O2.2C7H14O2.C5H8N2O2.C5H11N/c1-10(2)8(15)14(9(16)12-10)7-13-5-3-11-4-6-13;2*1-5-6(8)9-7(2,3)4;1-5(2)3(8)6-4(9)7-5;1-2-4-6-5-3-1/h11H,3-7H2,1-2H3,(H,12,16);2*5H2,1-4H3;1-2H3,(H2,6,7,8,9);6H,1-5H2. The summed E-state index contributed by atoms with van der Waals surface area (Å²) in [5.41, 5.74) is -2.14. The molecule has 0 aromatic rings. The molecule has 0 spiro atoms. The summed E-state index contributed by atoms with van der Waals surface area (Å²) in [6, 6.07) is -0.696. The molecule has 15 heteroatoms. The molecule has 4 aliphatic rings. The summed E-state index contributed by atoms with van der Waals surface area (Å²) in [5.74, 6) is -0.687. The summed E-state index contributed by atoms with van der Waals surface area (Å²) in [4.78, 5) is 69.3. The first-order valence-corrected chi connectivity index (χ1v) is 17.3. The van der Waals surface area contributed by atoms with Gasteiger partial charge in [-0.2, -0.15) is 0 Å². The van der Waals surface area contributed by atoms with Crippen LogP contribution >= 0.6 is 0 Å². The van der Waals surface area contributed by atoms with Crippen LogP contribution in [0.4, 0.5) is 9.59 Å². The van der Waals surface area contributed by atoms with Crippen LogP contribution in [0.15, 0.2) is 0 Å². The third-order valence-corrected chi connectivity index (χ3v) is 6.84. The molecule has 4 saturated heterocycles. The van der Waals surface area contributed by atoms with Gasteiger partial charge in [-0.05, 0) is 95.2 Å². The van der Waals surface area contributed by atoms with E-state index in [9.17, 15) is 28.8 Å². The molecule has 0 aromatic carbocycles. The Morgan fingerprint density at radius 1 is 0.694 bits per heavy atom. The molecule has 4 heterocycles. The normalized spacial score (nSPS) is 19.8. The van der Waals surface area contributed by atoms with Gasteiger partial charge in [0.2, 0.25) is 0 Å². The molecular weight excluding hydrogens is 634 g/mol. The van der Waals surface area contributed by atoms with Crippen LogP contribution in [0.3, 0.4) is 0 Å². The van der Waals surface area contributed by atoms with E-state index in [4.69, 9.17) is 9.47 Å². The molecule has 6 amide bonds. The molecule has 5 N–H and O–H groups in total. The average Bonchev–Trinajstić information content (AvgIpc) is 3.35. The lowest BCUT2D eigenvalue weighted by molar-refractivity contribution is -0.155. The summed E-state index contributed by atoms with van der Waals surface area (Å²) < 4.78 is 9.90. The Hall–Kier alpha value is -3.30. The number of hydrogen-bond acceptors (Lipinski definition) is 11. The summed E-state index contributed by atoms with van der Waals surface area (Å²) in [6.45, 7) is 28.0. The topological polar surface area (TPSA) is 188 Å². The van der Waals surface area contributed by atoms with E-state index in [0.717, 1.165) is 26.2 Å². The third kappa shape index (κ3) is 20.7. The number of hydrogen-bond donors (Lipinski definition) is 5. The molecule has 49 heavy (non-hydrogen) atoms. The molecule has 4 aliphatic heterocycles. The predicted molar refractivity (Wildman–Crippen MR) is 189 cm³/mol. The summed E-state index contributed by atoms with van der Waals surface area (Å²) in [7, 11) is 0. The maximum absolute atomic E-state index is 11.9. The SMILES string of the molecule is C1CCNCC1.CC1(C)NC(=O)N(CN2CCNCC2)C1=O.CC1(C)NC(=O)NC1=O.CCC(=O)OC(C)(C)C.CCC(=O)OC(C)(C)C. The molecule has 4 fully saturated rings. The van der Waals surface area contributed by atoms with Crippen LogP contribution in [-0.2, 0) is 28.7 Å². The van der Waals surface area contributed by atoms with Gasteiger partial charge in [-0.1, -0.05) is 20.3 Å². The largest absolute Gasteiger partial charge is 0.460 e. The highest BCUT2D eigenvalue weighted by molar-refractivity contribution is 6.07. The first-order chi connectivity index (χ1) is 22.4. The number of rotatable bonds is 4. The third-order valence-electron chi connectivity index (χ3n) is 6.84. The second-order valence-electron chi connectivity index (χ2n) is 15.0. The van der Waals surface area contributed by atoms with Gasteiger partial charge in [0, 0.05) is 39.0 Å². The van der Waals surface area contributed by atoms with Crippen molar-refractivity contribution in [2.45, 2.75) is 137 Å². The predicted octanol–water partition coefficient (Wildman–Crippen LogP) is 3.02. The Morgan fingerprint density at radius 3 is 1.37 bits per heavy atom. The minimum absolute atomic E-state index is 0.137. The Bertz CT molecular complexity index is 1050. The van der Waals surface area contributed by atoms with E-state index in [1.165, 1.54) is 37.3 Å². The van der Waals surface area contributed by atoms with E-state index in [0.29, 0.717) is 19.5 Å². The highest BCUT2D eigenvalue weighted by Crippen LogP contribution is 2.17.